The molecule has 1 aliphatic rings. The van der Waals surface area contributed by atoms with Crippen molar-refractivity contribution in [1.82, 2.24) is 0 Å². The summed E-state index contributed by atoms with van der Waals surface area (Å²) in [5, 5.41) is 15.2. The molecule has 8 heteroatoms. The zero-order chi connectivity index (χ0) is 7.72. The van der Waals surface area contributed by atoms with Crippen LogP contribution < -0.4 is 0 Å². The van der Waals surface area contributed by atoms with E-state index in [9.17, 15) is 19.8 Å². The van der Waals surface area contributed by atoms with E-state index < -0.39 is 17.0 Å². The highest BCUT2D eigenvalue weighted by Crippen LogP contribution is 2.04. The van der Waals surface area contributed by atoms with Crippen molar-refractivity contribution in [3.8, 4) is 0 Å². The maximum atomic E-state index is 10.3. The molecule has 0 aromatic heterocycles. The first-order chi connectivity index (χ1) is 4.63. The average Bonchev–Trinajstić information content (AvgIpc) is 2.11. The molecule has 1 amide bonds. The summed E-state index contributed by atoms with van der Waals surface area (Å²) in [6.45, 7) is 0. The van der Waals surface area contributed by atoms with Gasteiger partial charge in [0.1, 0.15) is 5.11 Å². The lowest BCUT2D eigenvalue weighted by atomic mass is 10.5. The van der Waals surface area contributed by atoms with Crippen LogP contribution in [0.3, 0.4) is 0 Å². The lowest BCUT2D eigenvalue weighted by Gasteiger charge is -1.84. The van der Waals surface area contributed by atoms with E-state index in [1.807, 2.05) is 0 Å². The Bertz CT molecular complexity index is 226. The van der Waals surface area contributed by atoms with Crippen molar-refractivity contribution < 1.29 is 14.6 Å². The van der Waals surface area contributed by atoms with Gasteiger partial charge in [0.25, 0.3) is 0 Å². The van der Waals surface area contributed by atoms with Gasteiger partial charge in [-0.3, -0.25) is 10.1 Å². The lowest BCUT2D eigenvalue weighted by Crippen LogP contribution is -2.31. The topological polar surface area (TPSA) is 105 Å². The molecule has 0 aliphatic carbocycles. The molecule has 1 atom stereocenters. The number of carbonyl (C=O) groups is 1. The maximum Gasteiger partial charge on any atom is 0.513 e. The molecule has 0 N–H and O–H groups in total. The molecule has 1 unspecified atom stereocenters. The van der Waals surface area contributed by atoms with Gasteiger partial charge in [0.2, 0.25) is 0 Å². The second-order valence-electron chi connectivity index (χ2n) is 1.49. The van der Waals surface area contributed by atoms with Crippen LogP contribution in [0.1, 0.15) is 0 Å². The summed E-state index contributed by atoms with van der Waals surface area (Å²) in [6.07, 6.45) is -1.97. The third-order valence-electron chi connectivity index (χ3n) is 0.861. The van der Waals surface area contributed by atoms with Crippen LogP contribution in [0.2, 0.25) is 0 Å². The summed E-state index contributed by atoms with van der Waals surface area (Å²) >= 11 is 0. The number of nitroso groups, excluding NO2 is 1. The largest absolute Gasteiger partial charge is 0.513 e. The Hall–Kier alpha value is -1.73. The first-order valence-electron chi connectivity index (χ1n) is 2.18. The van der Waals surface area contributed by atoms with E-state index in [2.05, 4.69) is 10.3 Å². The fourth-order valence-electron chi connectivity index (χ4n) is 0.454. The standard InChI is InChI=1S/C2HN4O4/c7-1-2(6(9)10)5(8)4-3-1/h2H/q+1. The Kier molecular flexibility index (Phi) is 1.21. The minimum atomic E-state index is -1.97. The summed E-state index contributed by atoms with van der Waals surface area (Å²) in [4.78, 5) is 29.0. The van der Waals surface area contributed by atoms with Gasteiger partial charge >= 0.3 is 12.1 Å². The molecule has 1 rings (SSSR count). The van der Waals surface area contributed by atoms with E-state index in [0.717, 1.165) is 0 Å². The van der Waals surface area contributed by atoms with Gasteiger partial charge in [-0.05, 0) is 4.91 Å². The molecule has 0 aromatic carbocycles. The maximum absolute atomic E-state index is 10.3. The van der Waals surface area contributed by atoms with Crippen molar-refractivity contribution >= 4 is 5.91 Å². The minimum Gasteiger partial charge on any atom is -0.260 e. The summed E-state index contributed by atoms with van der Waals surface area (Å²) in [5.41, 5.74) is 0. The third kappa shape index (κ3) is 0.747. The number of carbonyl (C=O) groups excluding carboxylic acids is 1. The van der Waals surface area contributed by atoms with Gasteiger partial charge in [-0.25, -0.2) is 4.79 Å². The Labute approximate surface area is 53.2 Å². The van der Waals surface area contributed by atoms with Crippen LogP contribution in [0.15, 0.2) is 10.3 Å². The predicted octanol–water partition coefficient (Wildman–Crippen LogP) is -0.725. The molecule has 10 heavy (non-hydrogen) atoms. The summed E-state index contributed by atoms with van der Waals surface area (Å²) < 4.78 is 0. The Morgan fingerprint density at radius 3 is 2.50 bits per heavy atom. The Morgan fingerprint density at radius 1 is 1.70 bits per heavy atom. The molecular weight excluding hydrogens is 144 g/mol. The highest BCUT2D eigenvalue weighted by atomic mass is 16.6. The van der Waals surface area contributed by atoms with Gasteiger partial charge in [-0.15, -0.1) is 0 Å². The first kappa shape index (κ1) is 6.39. The summed E-state index contributed by atoms with van der Waals surface area (Å²) in [6, 6.07) is 0. The van der Waals surface area contributed by atoms with E-state index >= 15 is 0 Å². The van der Waals surface area contributed by atoms with Crippen molar-refractivity contribution in [2.75, 3.05) is 0 Å². The highest BCUT2D eigenvalue weighted by Gasteiger charge is 2.51. The molecule has 0 radical (unpaired) electrons. The molecule has 0 aromatic rings. The van der Waals surface area contributed by atoms with Crippen LogP contribution in [-0.2, 0) is 4.79 Å². The van der Waals surface area contributed by atoms with Crippen molar-refractivity contribution in [3.63, 3.8) is 0 Å². The number of rotatable bonds is 1. The fourth-order valence-corrected chi connectivity index (χ4v) is 0.454. The third-order valence-corrected chi connectivity index (χ3v) is 0.861. The van der Waals surface area contributed by atoms with Crippen molar-refractivity contribution in [2.45, 2.75) is 6.17 Å². The number of hydrogen-bond donors (Lipinski definition) is 0. The van der Waals surface area contributed by atoms with Gasteiger partial charge in [-0.1, -0.05) is 0 Å². The molecule has 52 valence electrons. The van der Waals surface area contributed by atoms with Gasteiger partial charge in [0, 0.05) is 0 Å². The van der Waals surface area contributed by atoms with Gasteiger partial charge in [-0.2, -0.15) is 0 Å². The zero-order valence-corrected chi connectivity index (χ0v) is 4.50. The molecule has 1 aliphatic heterocycles. The highest BCUT2D eigenvalue weighted by molar-refractivity contribution is 5.79. The van der Waals surface area contributed by atoms with E-state index in [-0.39, 0.29) is 4.87 Å². The quantitative estimate of drug-likeness (QED) is 0.275. The molecule has 0 fully saturated rings. The number of nitro groups is 1. The summed E-state index contributed by atoms with van der Waals surface area (Å²) in [7, 11) is 0. The van der Waals surface area contributed by atoms with Gasteiger partial charge in [0.05, 0.1) is 4.92 Å². The normalized spacial score (nSPS) is 23.8. The zero-order valence-electron chi connectivity index (χ0n) is 4.50. The fraction of sp³-hybridized carbons (Fsp3) is 0.500. The predicted molar refractivity (Wildman–Crippen MR) is 24.3 cm³/mol. The summed E-state index contributed by atoms with van der Waals surface area (Å²) in [5.74, 6) is -1.14. The SMILES string of the molecule is O=C1N=N[N+](=O)C1[N+](=O)[O-]. The average molecular weight is 145 g/mol. The molecule has 0 spiro atoms. The molecular formula is C2HN4O4+. The molecule has 0 saturated carbocycles. The van der Waals surface area contributed by atoms with Crippen LogP contribution in [0, 0.1) is 15.0 Å². The molecule has 1 heterocycles. The number of nitrogens with zero attached hydrogens (tertiary/aromatic N) is 4. The van der Waals surface area contributed by atoms with E-state index in [1.165, 1.54) is 0 Å². The van der Waals surface area contributed by atoms with Crippen LogP contribution >= 0.6 is 0 Å². The van der Waals surface area contributed by atoms with E-state index in [0.29, 0.717) is 0 Å². The number of amides is 1. The van der Waals surface area contributed by atoms with Gasteiger partial charge < -0.3 is 0 Å². The van der Waals surface area contributed by atoms with Crippen LogP contribution in [0.5, 0.6) is 0 Å². The Morgan fingerprint density at radius 2 is 2.30 bits per heavy atom. The van der Waals surface area contributed by atoms with E-state index in [1.54, 1.807) is 0 Å². The smallest absolute Gasteiger partial charge is 0.260 e. The van der Waals surface area contributed by atoms with Crippen LogP contribution in [0.4, 0.5) is 0 Å². The van der Waals surface area contributed by atoms with Crippen molar-refractivity contribution in [1.29, 1.82) is 0 Å². The van der Waals surface area contributed by atoms with Gasteiger partial charge in [0.15, 0.2) is 10.1 Å². The first-order valence-corrected chi connectivity index (χ1v) is 2.18. The van der Waals surface area contributed by atoms with Crippen molar-refractivity contribution in [2.24, 2.45) is 10.3 Å². The molecule has 8 nitrogen and oxygen atoms in total. The lowest BCUT2D eigenvalue weighted by molar-refractivity contribution is -0.752. The van der Waals surface area contributed by atoms with Crippen molar-refractivity contribution in [3.05, 3.63) is 15.0 Å². The van der Waals surface area contributed by atoms with E-state index in [4.69, 9.17) is 0 Å². The van der Waals surface area contributed by atoms with Crippen LogP contribution in [-0.4, -0.2) is 21.9 Å². The monoisotopic (exact) mass is 145 g/mol. The number of hydrogen-bond acceptors (Lipinski definition) is 4. The Balaban J connectivity index is 2.90. The van der Waals surface area contributed by atoms with Crippen LogP contribution in [0.25, 0.3) is 0 Å². The minimum absolute atomic E-state index is 0.345. The molecule has 0 bridgehead atoms. The second kappa shape index (κ2) is 1.90. The second-order valence-corrected chi connectivity index (χ2v) is 1.49. The molecule has 0 saturated heterocycles.